The van der Waals surface area contributed by atoms with E-state index in [1.165, 1.54) is 0 Å². The number of anilines is 2. The Kier molecular flexibility index (Phi) is 6.45. The van der Waals surface area contributed by atoms with Crippen LogP contribution in [0, 0.1) is 10.1 Å². The Balaban J connectivity index is 2.34. The van der Waals surface area contributed by atoms with Crippen molar-refractivity contribution in [3.63, 3.8) is 0 Å². The van der Waals surface area contributed by atoms with E-state index in [2.05, 4.69) is 5.32 Å². The van der Waals surface area contributed by atoms with Crippen molar-refractivity contribution in [3.05, 3.63) is 58.1 Å². The number of nitrogens with zero attached hydrogens (tertiary/aromatic N) is 1. The summed E-state index contributed by atoms with van der Waals surface area (Å²) >= 11 is 0. The molecule has 0 spiro atoms. The molecule has 2 rings (SSSR count). The van der Waals surface area contributed by atoms with Gasteiger partial charge >= 0.3 is 5.76 Å². The van der Waals surface area contributed by atoms with Crippen molar-refractivity contribution in [1.82, 2.24) is 0 Å². The molecule has 27 heavy (non-hydrogen) atoms. The lowest BCUT2D eigenvalue weighted by Gasteiger charge is -2.11. The minimum absolute atomic E-state index is 0.0184. The number of nitro groups is 1. The van der Waals surface area contributed by atoms with Crippen LogP contribution in [0.3, 0.4) is 0 Å². The molecule has 0 heterocycles. The molecule has 7 nitrogen and oxygen atoms in total. The van der Waals surface area contributed by atoms with Gasteiger partial charge in [-0.25, -0.2) is 8.42 Å². The summed E-state index contributed by atoms with van der Waals surface area (Å²) in [5, 5.41) is 14.1. The maximum absolute atomic E-state index is 12.7. The Morgan fingerprint density at radius 3 is 2.48 bits per heavy atom. The number of alkyl halides is 2. The Morgan fingerprint density at radius 2 is 1.89 bits per heavy atom. The van der Waals surface area contributed by atoms with E-state index < -0.39 is 31.1 Å². The van der Waals surface area contributed by atoms with E-state index in [9.17, 15) is 27.3 Å². The van der Waals surface area contributed by atoms with Gasteiger partial charge in [0.05, 0.1) is 22.5 Å². The summed E-state index contributed by atoms with van der Waals surface area (Å²) in [6.45, 7) is 4.13. The summed E-state index contributed by atoms with van der Waals surface area (Å²) in [5.41, 5.74) is 0.691. The van der Waals surface area contributed by atoms with Gasteiger partial charge in [-0.15, -0.1) is 0 Å². The average molecular weight is 400 g/mol. The van der Waals surface area contributed by atoms with Crippen molar-refractivity contribution in [3.8, 4) is 0 Å². The first-order chi connectivity index (χ1) is 12.6. The first-order valence-corrected chi connectivity index (χ1v) is 9.44. The van der Waals surface area contributed by atoms with Crippen LogP contribution in [0.2, 0.25) is 0 Å². The fourth-order valence-corrected chi connectivity index (χ4v) is 2.94. The zero-order chi connectivity index (χ0) is 20.2. The van der Waals surface area contributed by atoms with Crippen molar-refractivity contribution in [2.24, 2.45) is 0 Å². The van der Waals surface area contributed by atoms with E-state index in [1.54, 1.807) is 18.2 Å². The molecule has 0 aliphatic heterocycles. The molecule has 0 saturated heterocycles. The maximum atomic E-state index is 12.7. The molecule has 0 saturated carbocycles. The fraction of sp³-hybridized carbons (Fsp3) is 0.294. The summed E-state index contributed by atoms with van der Waals surface area (Å²) < 4.78 is 53.9. The van der Waals surface area contributed by atoms with Gasteiger partial charge in [-0.05, 0) is 43.7 Å². The molecule has 2 aromatic carbocycles. The molecule has 1 N–H and O–H groups in total. The second-order valence-corrected chi connectivity index (χ2v) is 7.84. The smallest absolute Gasteiger partial charge is 0.341 e. The lowest BCUT2D eigenvalue weighted by molar-refractivity contribution is -0.384. The van der Waals surface area contributed by atoms with E-state index in [4.69, 9.17) is 4.74 Å². The molecule has 2 aromatic rings. The molecule has 10 heteroatoms. The highest BCUT2D eigenvalue weighted by Crippen LogP contribution is 2.32. The van der Waals surface area contributed by atoms with Crippen LogP contribution >= 0.6 is 0 Å². The fourth-order valence-electron chi connectivity index (χ4n) is 2.21. The zero-order valence-electron chi connectivity index (χ0n) is 14.6. The summed E-state index contributed by atoms with van der Waals surface area (Å²) in [5.74, 6) is -3.66. The summed E-state index contributed by atoms with van der Waals surface area (Å²) in [6.07, 6.45) is 0.0343. The summed E-state index contributed by atoms with van der Waals surface area (Å²) in [4.78, 5) is 9.62. The SMILES string of the molecule is CC(C)OCc1cccc(Nc2ccc(S(=O)(=O)C(F)F)cc2[N+](=O)[O-])c1. The number of nitro benzene ring substituents is 1. The standard InChI is InChI=1S/C17H18F2N2O5S/c1-11(2)26-10-12-4-3-5-13(8-12)20-15-7-6-14(9-16(15)21(22)23)27(24,25)17(18)19/h3-9,11,17,20H,10H2,1-2H3. The monoisotopic (exact) mass is 400 g/mol. The number of benzene rings is 2. The molecule has 0 unspecified atom stereocenters. The number of ether oxygens (including phenoxy) is 1. The third-order valence-corrected chi connectivity index (χ3v) is 4.90. The van der Waals surface area contributed by atoms with Gasteiger partial charge < -0.3 is 10.1 Å². The van der Waals surface area contributed by atoms with Crippen molar-refractivity contribution < 1.29 is 26.9 Å². The predicted molar refractivity (Wildman–Crippen MR) is 95.9 cm³/mol. The minimum atomic E-state index is -4.93. The number of halogens is 2. The molecule has 0 amide bonds. The number of hydrogen-bond acceptors (Lipinski definition) is 6. The second kappa shape index (κ2) is 8.40. The molecule has 0 aliphatic rings. The van der Waals surface area contributed by atoms with Crippen LogP contribution in [0.15, 0.2) is 47.4 Å². The van der Waals surface area contributed by atoms with Crippen LogP contribution in [-0.4, -0.2) is 25.2 Å². The lowest BCUT2D eigenvalue weighted by Crippen LogP contribution is -2.12. The topological polar surface area (TPSA) is 98.5 Å². The van der Waals surface area contributed by atoms with Crippen LogP contribution in [0.4, 0.5) is 25.8 Å². The van der Waals surface area contributed by atoms with Gasteiger partial charge in [0.1, 0.15) is 5.69 Å². The number of hydrogen-bond donors (Lipinski definition) is 1. The summed E-state index contributed by atoms with van der Waals surface area (Å²) in [7, 11) is -4.93. The Labute approximate surface area is 155 Å². The zero-order valence-corrected chi connectivity index (χ0v) is 15.4. The second-order valence-electron chi connectivity index (χ2n) is 5.93. The summed E-state index contributed by atoms with van der Waals surface area (Å²) in [6, 6.07) is 9.54. The van der Waals surface area contributed by atoms with Gasteiger partial charge in [0.15, 0.2) is 0 Å². The molecule has 0 aromatic heterocycles. The van der Waals surface area contributed by atoms with Crippen molar-refractivity contribution in [2.75, 3.05) is 5.32 Å². The van der Waals surface area contributed by atoms with Crippen LogP contribution in [0.25, 0.3) is 0 Å². The van der Waals surface area contributed by atoms with Gasteiger partial charge in [-0.1, -0.05) is 12.1 Å². The number of sulfone groups is 1. The van der Waals surface area contributed by atoms with E-state index >= 15 is 0 Å². The molecular weight excluding hydrogens is 382 g/mol. The average Bonchev–Trinajstić information content (AvgIpc) is 2.60. The third-order valence-electron chi connectivity index (χ3n) is 3.52. The highest BCUT2D eigenvalue weighted by atomic mass is 32.2. The van der Waals surface area contributed by atoms with Crippen LogP contribution in [0.5, 0.6) is 0 Å². The van der Waals surface area contributed by atoms with Gasteiger partial charge in [0.25, 0.3) is 5.69 Å². The third kappa shape index (κ3) is 5.20. The molecular formula is C17H18F2N2O5S. The molecule has 0 bridgehead atoms. The minimum Gasteiger partial charge on any atom is -0.374 e. The lowest BCUT2D eigenvalue weighted by atomic mass is 10.2. The quantitative estimate of drug-likeness (QED) is 0.525. The Hall–Kier alpha value is -2.59. The van der Waals surface area contributed by atoms with Crippen molar-refractivity contribution in [1.29, 1.82) is 0 Å². The largest absolute Gasteiger partial charge is 0.374 e. The Morgan fingerprint density at radius 1 is 1.19 bits per heavy atom. The van der Waals surface area contributed by atoms with E-state index in [0.717, 1.165) is 17.7 Å². The van der Waals surface area contributed by atoms with Crippen molar-refractivity contribution in [2.45, 2.75) is 37.2 Å². The first kappa shape index (κ1) is 20.7. The molecule has 0 aliphatic carbocycles. The van der Waals surface area contributed by atoms with Crippen molar-refractivity contribution >= 4 is 26.9 Å². The van der Waals surface area contributed by atoms with Gasteiger partial charge in [-0.2, -0.15) is 8.78 Å². The number of rotatable bonds is 8. The Bertz CT molecular complexity index is 933. The van der Waals surface area contributed by atoms with E-state index in [-0.39, 0.29) is 11.8 Å². The van der Waals surface area contributed by atoms with Gasteiger partial charge in [-0.3, -0.25) is 10.1 Å². The number of nitrogens with one attached hydrogen (secondary N) is 1. The van der Waals surface area contributed by atoms with Crippen LogP contribution in [0.1, 0.15) is 19.4 Å². The predicted octanol–water partition coefficient (Wildman–Crippen LogP) is 4.26. The first-order valence-electron chi connectivity index (χ1n) is 7.89. The maximum Gasteiger partial charge on any atom is 0.341 e. The molecule has 0 fully saturated rings. The van der Waals surface area contributed by atoms with Crippen LogP contribution < -0.4 is 5.32 Å². The van der Waals surface area contributed by atoms with Crippen LogP contribution in [-0.2, 0) is 21.2 Å². The van der Waals surface area contributed by atoms with E-state index in [1.807, 2.05) is 19.9 Å². The molecule has 146 valence electrons. The highest BCUT2D eigenvalue weighted by Gasteiger charge is 2.29. The highest BCUT2D eigenvalue weighted by molar-refractivity contribution is 7.91. The molecule has 0 radical (unpaired) electrons. The van der Waals surface area contributed by atoms with Gasteiger partial charge in [0, 0.05) is 11.8 Å². The van der Waals surface area contributed by atoms with Gasteiger partial charge in [0.2, 0.25) is 9.84 Å². The normalized spacial score (nSPS) is 11.8. The molecule has 0 atom stereocenters. The van der Waals surface area contributed by atoms with E-state index in [0.29, 0.717) is 18.4 Å².